The first-order valence-corrected chi connectivity index (χ1v) is 7.77. The maximum absolute atomic E-state index is 12.1. The zero-order valence-electron chi connectivity index (χ0n) is 13.8. The number of Topliss-reactive ketones (excluding diaryl/α,β-unsaturated/α-hetero) is 1. The highest BCUT2D eigenvalue weighted by Gasteiger charge is 2.45. The standard InChI is InChI=1S/C16H25NO5/c1-16(2,3)22-15(20)17-8-11-5-10(6-12(11)9-17)13(18)7-14(19)21-4/h10-12H,5-9H2,1-4H3/t10-,11-,12+. The average Bonchev–Trinajstić information content (AvgIpc) is 2.94. The van der Waals surface area contributed by atoms with E-state index in [1.165, 1.54) is 7.11 Å². The van der Waals surface area contributed by atoms with E-state index in [2.05, 4.69) is 4.74 Å². The number of ketones is 1. The van der Waals surface area contributed by atoms with Gasteiger partial charge in [-0.2, -0.15) is 0 Å². The zero-order valence-corrected chi connectivity index (χ0v) is 13.8. The second-order valence-corrected chi connectivity index (χ2v) is 7.29. The molecule has 1 aliphatic heterocycles. The number of carbonyl (C=O) groups is 3. The zero-order chi connectivity index (χ0) is 16.5. The average molecular weight is 311 g/mol. The molecule has 0 aromatic heterocycles. The van der Waals surface area contributed by atoms with Crippen LogP contribution in [0.2, 0.25) is 0 Å². The number of likely N-dealkylation sites (tertiary alicyclic amines) is 1. The van der Waals surface area contributed by atoms with E-state index >= 15 is 0 Å². The van der Waals surface area contributed by atoms with E-state index in [-0.39, 0.29) is 24.2 Å². The van der Waals surface area contributed by atoms with E-state index < -0.39 is 11.6 Å². The molecule has 0 radical (unpaired) electrons. The van der Waals surface area contributed by atoms with Gasteiger partial charge in [0.15, 0.2) is 0 Å². The monoisotopic (exact) mass is 311 g/mol. The summed E-state index contributed by atoms with van der Waals surface area (Å²) in [6.45, 7) is 6.83. The van der Waals surface area contributed by atoms with Gasteiger partial charge in [0.25, 0.3) is 0 Å². The van der Waals surface area contributed by atoms with Crippen LogP contribution in [0.1, 0.15) is 40.0 Å². The minimum atomic E-state index is -0.492. The molecule has 0 aromatic rings. The SMILES string of the molecule is COC(=O)CC(=O)[C@@H]1C[C@@H]2CN(C(=O)OC(C)(C)C)C[C@@H]2C1. The van der Waals surface area contributed by atoms with Crippen molar-refractivity contribution in [2.45, 2.75) is 45.6 Å². The largest absolute Gasteiger partial charge is 0.469 e. The summed E-state index contributed by atoms with van der Waals surface area (Å²) in [4.78, 5) is 37.0. The van der Waals surface area contributed by atoms with Crippen LogP contribution < -0.4 is 0 Å². The predicted octanol–water partition coefficient (Wildman–Crippen LogP) is 2.01. The summed E-state index contributed by atoms with van der Waals surface area (Å²) >= 11 is 0. The number of amides is 1. The van der Waals surface area contributed by atoms with Crippen LogP contribution in [0.3, 0.4) is 0 Å². The molecule has 124 valence electrons. The van der Waals surface area contributed by atoms with Gasteiger partial charge >= 0.3 is 12.1 Å². The van der Waals surface area contributed by atoms with Gasteiger partial charge in [-0.1, -0.05) is 0 Å². The van der Waals surface area contributed by atoms with Crippen LogP contribution in [0, 0.1) is 17.8 Å². The fourth-order valence-electron chi connectivity index (χ4n) is 3.40. The van der Waals surface area contributed by atoms with Gasteiger partial charge in [-0.05, 0) is 45.4 Å². The Bertz CT molecular complexity index is 454. The first kappa shape index (κ1) is 16.8. The molecule has 6 nitrogen and oxygen atoms in total. The second-order valence-electron chi connectivity index (χ2n) is 7.29. The maximum atomic E-state index is 12.1. The third kappa shape index (κ3) is 3.99. The first-order chi connectivity index (χ1) is 10.2. The quantitative estimate of drug-likeness (QED) is 0.589. The Kier molecular flexibility index (Phi) is 4.78. The molecular formula is C16H25NO5. The molecule has 2 fully saturated rings. The molecule has 2 rings (SSSR count). The number of esters is 1. The Hall–Kier alpha value is -1.59. The van der Waals surface area contributed by atoms with Gasteiger partial charge < -0.3 is 14.4 Å². The minimum Gasteiger partial charge on any atom is -0.469 e. The number of carbonyl (C=O) groups excluding carboxylic acids is 3. The lowest BCUT2D eigenvalue weighted by molar-refractivity contribution is -0.144. The summed E-state index contributed by atoms with van der Waals surface area (Å²) in [5, 5.41) is 0. The summed E-state index contributed by atoms with van der Waals surface area (Å²) in [6.07, 6.45) is 1.08. The first-order valence-electron chi connectivity index (χ1n) is 7.77. The molecule has 6 heteroatoms. The van der Waals surface area contributed by atoms with Crippen molar-refractivity contribution in [1.29, 1.82) is 0 Å². The number of fused-ring (bicyclic) bond motifs is 1. The third-order valence-electron chi connectivity index (χ3n) is 4.40. The molecule has 3 atom stereocenters. The van der Waals surface area contributed by atoms with Crippen molar-refractivity contribution in [3.05, 3.63) is 0 Å². The molecule has 2 aliphatic rings. The van der Waals surface area contributed by atoms with E-state index in [1.807, 2.05) is 20.8 Å². The van der Waals surface area contributed by atoms with Gasteiger partial charge in [-0.3, -0.25) is 9.59 Å². The summed E-state index contributed by atoms with van der Waals surface area (Å²) in [7, 11) is 1.29. The predicted molar refractivity (Wildman–Crippen MR) is 79.2 cm³/mol. The minimum absolute atomic E-state index is 0.0370. The molecule has 0 N–H and O–H groups in total. The van der Waals surface area contributed by atoms with Crippen LogP contribution in [-0.2, 0) is 19.1 Å². The molecule has 22 heavy (non-hydrogen) atoms. The molecule has 1 amide bonds. The van der Waals surface area contributed by atoms with E-state index in [1.54, 1.807) is 4.90 Å². The van der Waals surface area contributed by atoms with Crippen molar-refractivity contribution in [1.82, 2.24) is 4.90 Å². The Labute approximate surface area is 131 Å². The normalized spacial score (nSPS) is 27.5. The molecule has 0 unspecified atom stereocenters. The van der Waals surface area contributed by atoms with Crippen LogP contribution in [-0.4, -0.2) is 48.5 Å². The summed E-state index contributed by atoms with van der Waals surface area (Å²) in [5.74, 6) is 0.0793. The van der Waals surface area contributed by atoms with Gasteiger partial charge in [-0.25, -0.2) is 4.79 Å². The van der Waals surface area contributed by atoms with Crippen LogP contribution >= 0.6 is 0 Å². The highest BCUT2D eigenvalue weighted by atomic mass is 16.6. The lowest BCUT2D eigenvalue weighted by Gasteiger charge is -2.25. The van der Waals surface area contributed by atoms with Crippen molar-refractivity contribution in [2.75, 3.05) is 20.2 Å². The second kappa shape index (κ2) is 6.26. The number of ether oxygens (including phenoxy) is 2. The van der Waals surface area contributed by atoms with Gasteiger partial charge in [0, 0.05) is 19.0 Å². The summed E-state index contributed by atoms with van der Waals surface area (Å²) < 4.78 is 9.93. The molecular weight excluding hydrogens is 286 g/mol. The van der Waals surface area contributed by atoms with Crippen molar-refractivity contribution in [2.24, 2.45) is 17.8 Å². The Balaban J connectivity index is 1.84. The van der Waals surface area contributed by atoms with Crippen molar-refractivity contribution in [3.63, 3.8) is 0 Å². The van der Waals surface area contributed by atoms with Crippen molar-refractivity contribution < 1.29 is 23.9 Å². The smallest absolute Gasteiger partial charge is 0.410 e. The van der Waals surface area contributed by atoms with E-state index in [0.717, 1.165) is 12.8 Å². The lowest BCUT2D eigenvalue weighted by Crippen LogP contribution is -2.36. The Morgan fingerprint density at radius 1 is 1.09 bits per heavy atom. The summed E-state index contributed by atoms with van der Waals surface area (Å²) in [6, 6.07) is 0. The number of hydrogen-bond donors (Lipinski definition) is 0. The lowest BCUT2D eigenvalue weighted by atomic mass is 9.98. The van der Waals surface area contributed by atoms with Crippen LogP contribution in [0.5, 0.6) is 0 Å². The Morgan fingerprint density at radius 3 is 2.09 bits per heavy atom. The molecule has 0 spiro atoms. The molecule has 1 saturated carbocycles. The molecule has 0 aromatic carbocycles. The molecule has 1 heterocycles. The fourth-order valence-corrected chi connectivity index (χ4v) is 3.40. The summed E-state index contributed by atoms with van der Waals surface area (Å²) in [5.41, 5.74) is -0.492. The van der Waals surface area contributed by atoms with Gasteiger partial charge in [0.2, 0.25) is 0 Å². The third-order valence-corrected chi connectivity index (χ3v) is 4.40. The highest BCUT2D eigenvalue weighted by Crippen LogP contribution is 2.42. The van der Waals surface area contributed by atoms with Gasteiger partial charge in [0.1, 0.15) is 17.8 Å². The van der Waals surface area contributed by atoms with Gasteiger partial charge in [0.05, 0.1) is 7.11 Å². The number of rotatable bonds is 3. The van der Waals surface area contributed by atoms with Crippen LogP contribution in [0.25, 0.3) is 0 Å². The van der Waals surface area contributed by atoms with E-state index in [0.29, 0.717) is 24.9 Å². The fraction of sp³-hybridized carbons (Fsp3) is 0.812. The molecule has 0 bridgehead atoms. The molecule has 1 saturated heterocycles. The van der Waals surface area contributed by atoms with E-state index in [4.69, 9.17) is 4.74 Å². The molecule has 1 aliphatic carbocycles. The van der Waals surface area contributed by atoms with Gasteiger partial charge in [-0.15, -0.1) is 0 Å². The highest BCUT2D eigenvalue weighted by molar-refractivity contribution is 5.96. The van der Waals surface area contributed by atoms with Crippen molar-refractivity contribution >= 4 is 17.8 Å². The number of hydrogen-bond acceptors (Lipinski definition) is 5. The van der Waals surface area contributed by atoms with Crippen molar-refractivity contribution in [3.8, 4) is 0 Å². The number of methoxy groups -OCH3 is 1. The van der Waals surface area contributed by atoms with E-state index in [9.17, 15) is 14.4 Å². The number of nitrogens with zero attached hydrogens (tertiary/aromatic N) is 1. The maximum Gasteiger partial charge on any atom is 0.410 e. The van der Waals surface area contributed by atoms with Crippen LogP contribution in [0.4, 0.5) is 4.79 Å². The Morgan fingerprint density at radius 2 is 1.64 bits per heavy atom. The topological polar surface area (TPSA) is 72.9 Å². The van der Waals surface area contributed by atoms with Crippen LogP contribution in [0.15, 0.2) is 0 Å².